The van der Waals surface area contributed by atoms with Gasteiger partial charge in [-0.1, -0.05) is 12.1 Å². The van der Waals surface area contributed by atoms with Crippen molar-refractivity contribution in [1.82, 2.24) is 9.78 Å². The Balaban J connectivity index is 2.12. The summed E-state index contributed by atoms with van der Waals surface area (Å²) in [6.45, 7) is 1.85. The smallest absolute Gasteiger partial charge is 0.365 e. The molecule has 0 aliphatic rings. The topological polar surface area (TPSA) is 94.2 Å². The first-order valence-corrected chi connectivity index (χ1v) is 8.04. The highest BCUT2D eigenvalue weighted by Crippen LogP contribution is 2.19. The molecular formula is C17H14BrN3O4. The van der Waals surface area contributed by atoms with E-state index < -0.39 is 11.9 Å². The van der Waals surface area contributed by atoms with Crippen LogP contribution in [0.1, 0.15) is 23.0 Å². The molecule has 1 aromatic heterocycles. The number of carbonyl (C=O) groups excluding carboxylic acids is 2. The summed E-state index contributed by atoms with van der Waals surface area (Å²) in [5.74, 6) is -0.963. The first kappa shape index (κ1) is 18.4. The van der Waals surface area contributed by atoms with Gasteiger partial charge < -0.3 is 9.47 Å². The molecule has 0 saturated carbocycles. The largest absolute Gasteiger partial charge is 0.462 e. The molecule has 1 aromatic carbocycles. The van der Waals surface area contributed by atoms with Crippen LogP contribution in [0, 0.1) is 11.3 Å². The van der Waals surface area contributed by atoms with E-state index in [0.717, 1.165) is 0 Å². The van der Waals surface area contributed by atoms with Crippen LogP contribution in [0.4, 0.5) is 0 Å². The number of ether oxygens (including phenoxy) is 2. The van der Waals surface area contributed by atoms with E-state index in [1.54, 1.807) is 50.5 Å². The number of hydrogen-bond donors (Lipinski definition) is 0. The van der Waals surface area contributed by atoms with Gasteiger partial charge in [0.05, 0.1) is 11.1 Å². The second kappa shape index (κ2) is 8.26. The summed E-state index contributed by atoms with van der Waals surface area (Å²) in [5.41, 5.74) is 0.660. The first-order chi connectivity index (χ1) is 11.9. The number of hydrogen-bond acceptors (Lipinski definition) is 6. The number of nitrogens with zero attached hydrogens (tertiary/aromatic N) is 3. The molecule has 0 aliphatic carbocycles. The van der Waals surface area contributed by atoms with Crippen molar-refractivity contribution in [2.45, 2.75) is 6.92 Å². The lowest BCUT2D eigenvalue weighted by atomic mass is 10.1. The van der Waals surface area contributed by atoms with Crippen LogP contribution < -0.4 is 4.74 Å². The van der Waals surface area contributed by atoms with E-state index >= 15 is 0 Å². The van der Waals surface area contributed by atoms with Gasteiger partial charge in [0.1, 0.15) is 17.4 Å². The molecule has 0 bridgehead atoms. The fourth-order valence-corrected chi connectivity index (χ4v) is 2.44. The molecule has 25 heavy (non-hydrogen) atoms. The van der Waals surface area contributed by atoms with E-state index in [1.165, 1.54) is 10.8 Å². The van der Waals surface area contributed by atoms with Gasteiger partial charge in [-0.05, 0) is 46.6 Å². The van der Waals surface area contributed by atoms with Gasteiger partial charge in [-0.2, -0.15) is 10.4 Å². The fourth-order valence-electron chi connectivity index (χ4n) is 1.90. The van der Waals surface area contributed by atoms with Crippen LogP contribution in [-0.2, 0) is 16.6 Å². The van der Waals surface area contributed by atoms with Crippen LogP contribution in [0.3, 0.4) is 0 Å². The minimum absolute atomic E-state index is 0.107. The maximum Gasteiger partial charge on any atom is 0.365 e. The summed E-state index contributed by atoms with van der Waals surface area (Å²) in [6, 6.07) is 8.15. The molecule has 1 heterocycles. The lowest BCUT2D eigenvalue weighted by Gasteiger charge is -2.04. The van der Waals surface area contributed by atoms with Gasteiger partial charge >= 0.3 is 11.9 Å². The van der Waals surface area contributed by atoms with Crippen LogP contribution in [-0.4, -0.2) is 28.3 Å². The molecule has 7 nitrogen and oxygen atoms in total. The molecule has 128 valence electrons. The normalized spacial score (nSPS) is 10.9. The van der Waals surface area contributed by atoms with E-state index in [1.807, 2.05) is 0 Å². The Labute approximate surface area is 152 Å². The Morgan fingerprint density at radius 2 is 2.04 bits per heavy atom. The Morgan fingerprint density at radius 3 is 2.56 bits per heavy atom. The number of aryl methyl sites for hydroxylation is 1. The van der Waals surface area contributed by atoms with Crippen LogP contribution in [0.5, 0.6) is 5.75 Å². The third-order valence-corrected chi connectivity index (χ3v) is 3.58. The second-order valence-corrected chi connectivity index (χ2v) is 5.70. The Hall–Kier alpha value is -2.92. The van der Waals surface area contributed by atoms with Gasteiger partial charge in [-0.3, -0.25) is 4.68 Å². The van der Waals surface area contributed by atoms with E-state index in [4.69, 9.17) is 14.7 Å². The minimum Gasteiger partial charge on any atom is -0.462 e. The summed E-state index contributed by atoms with van der Waals surface area (Å²) in [6.07, 6.45) is 3.04. The van der Waals surface area contributed by atoms with Gasteiger partial charge in [0.15, 0.2) is 5.69 Å². The zero-order valence-corrected chi connectivity index (χ0v) is 15.1. The molecule has 0 unspecified atom stereocenters. The van der Waals surface area contributed by atoms with E-state index in [-0.39, 0.29) is 17.9 Å². The van der Waals surface area contributed by atoms with Crippen LogP contribution in [0.25, 0.3) is 6.08 Å². The predicted molar refractivity (Wildman–Crippen MR) is 92.5 cm³/mol. The number of esters is 2. The number of carbonyl (C=O) groups is 2. The molecule has 0 saturated heterocycles. The van der Waals surface area contributed by atoms with Gasteiger partial charge in [0.2, 0.25) is 0 Å². The molecule has 2 aromatic rings. The number of halogens is 1. The Morgan fingerprint density at radius 1 is 1.36 bits per heavy atom. The summed E-state index contributed by atoms with van der Waals surface area (Å²) in [4.78, 5) is 23.7. The molecule has 0 amide bonds. The molecule has 2 rings (SSSR count). The van der Waals surface area contributed by atoms with Crippen molar-refractivity contribution < 1.29 is 19.1 Å². The van der Waals surface area contributed by atoms with E-state index in [0.29, 0.717) is 15.8 Å². The van der Waals surface area contributed by atoms with Gasteiger partial charge in [0.25, 0.3) is 0 Å². The molecule has 0 aliphatic heterocycles. The summed E-state index contributed by atoms with van der Waals surface area (Å²) in [5, 5.41) is 13.0. The van der Waals surface area contributed by atoms with Gasteiger partial charge in [-0.25, -0.2) is 9.59 Å². The van der Waals surface area contributed by atoms with Crippen molar-refractivity contribution in [1.29, 1.82) is 5.26 Å². The molecule has 0 N–H and O–H groups in total. The lowest BCUT2D eigenvalue weighted by molar-refractivity contribution is -0.137. The summed E-state index contributed by atoms with van der Waals surface area (Å²) >= 11 is 3.24. The zero-order valence-electron chi connectivity index (χ0n) is 13.5. The van der Waals surface area contributed by atoms with Crippen LogP contribution in [0.2, 0.25) is 0 Å². The van der Waals surface area contributed by atoms with Crippen molar-refractivity contribution in [3.05, 3.63) is 51.8 Å². The predicted octanol–water partition coefficient (Wildman–Crippen LogP) is 2.87. The van der Waals surface area contributed by atoms with Crippen molar-refractivity contribution in [2.24, 2.45) is 7.05 Å². The third kappa shape index (κ3) is 4.78. The maximum atomic E-state index is 12.1. The molecule has 0 radical (unpaired) electrons. The Bertz CT molecular complexity index is 863. The molecule has 8 heteroatoms. The molecule has 0 spiro atoms. The van der Waals surface area contributed by atoms with Crippen molar-refractivity contribution in [3.63, 3.8) is 0 Å². The number of nitriles is 1. The van der Waals surface area contributed by atoms with Crippen LogP contribution >= 0.6 is 15.9 Å². The van der Waals surface area contributed by atoms with Crippen LogP contribution in [0.15, 0.2) is 40.5 Å². The van der Waals surface area contributed by atoms with Crippen molar-refractivity contribution in [3.8, 4) is 11.8 Å². The van der Waals surface area contributed by atoms with E-state index in [9.17, 15) is 9.59 Å². The first-order valence-electron chi connectivity index (χ1n) is 7.25. The molecular weight excluding hydrogens is 390 g/mol. The number of aromatic nitrogens is 2. The highest BCUT2D eigenvalue weighted by atomic mass is 79.9. The molecule has 0 fully saturated rings. The Kier molecular flexibility index (Phi) is 6.08. The van der Waals surface area contributed by atoms with Crippen molar-refractivity contribution >= 4 is 33.9 Å². The van der Waals surface area contributed by atoms with Gasteiger partial charge in [-0.15, -0.1) is 0 Å². The summed E-state index contributed by atoms with van der Waals surface area (Å²) in [7, 11) is 1.69. The second-order valence-electron chi connectivity index (χ2n) is 4.85. The van der Waals surface area contributed by atoms with Crippen molar-refractivity contribution in [2.75, 3.05) is 6.61 Å². The van der Waals surface area contributed by atoms with Gasteiger partial charge in [0, 0.05) is 13.2 Å². The highest BCUT2D eigenvalue weighted by Gasteiger charge is 2.17. The third-order valence-electron chi connectivity index (χ3n) is 2.99. The zero-order chi connectivity index (χ0) is 18.4. The van der Waals surface area contributed by atoms with E-state index in [2.05, 4.69) is 21.0 Å². The minimum atomic E-state index is -0.680. The summed E-state index contributed by atoms with van der Waals surface area (Å²) < 4.78 is 12.1. The lowest BCUT2D eigenvalue weighted by Crippen LogP contribution is -2.10. The monoisotopic (exact) mass is 403 g/mol. The maximum absolute atomic E-state index is 12.1. The quantitative estimate of drug-likeness (QED) is 0.329. The average molecular weight is 404 g/mol. The standard InChI is InChI=1S/C17H14BrN3O4/c1-3-24-16(22)12(9-19)8-11-4-6-13(7-5-11)25-17(23)15-14(18)10-21(2)20-15/h4-8,10H,3H2,1-2H3/b12-8+. The number of rotatable bonds is 5. The molecule has 0 atom stereocenters. The highest BCUT2D eigenvalue weighted by molar-refractivity contribution is 9.10. The fraction of sp³-hybridized carbons (Fsp3) is 0.176. The number of benzene rings is 1. The SMILES string of the molecule is CCOC(=O)/C(C#N)=C/c1ccc(OC(=O)c2nn(C)cc2Br)cc1. The average Bonchev–Trinajstić information content (AvgIpc) is 2.92.